The van der Waals surface area contributed by atoms with Crippen molar-refractivity contribution in [2.75, 3.05) is 0 Å². The second-order valence-electron chi connectivity index (χ2n) is 7.52. The largest absolute Gasteiger partial charge is 0.456 e. The van der Waals surface area contributed by atoms with Crippen LogP contribution in [0, 0.1) is 20.8 Å². The van der Waals surface area contributed by atoms with Gasteiger partial charge in [-0.2, -0.15) is 0 Å². The van der Waals surface area contributed by atoms with E-state index in [4.69, 9.17) is 15.0 Å². The summed E-state index contributed by atoms with van der Waals surface area (Å²) in [6, 6.07) is 15.0. The van der Waals surface area contributed by atoms with E-state index >= 15 is 0 Å². The van der Waals surface area contributed by atoms with Gasteiger partial charge in [0.05, 0.1) is 5.56 Å². The fraction of sp³-hybridized carbons (Fsp3) is 0.174. The topological polar surface area (TPSA) is 84.3 Å². The van der Waals surface area contributed by atoms with Gasteiger partial charge in [0.15, 0.2) is 5.60 Å². The summed E-state index contributed by atoms with van der Waals surface area (Å²) < 4.78 is 12.3. The average Bonchev–Trinajstić information content (AvgIpc) is 2.95. The molecule has 1 spiro atoms. The standard InChI is InChI=1S/C23H17N3O3/c1-12-4-6-17-20(8-12)28-21-11-15(25-26-24)5-7-18(21)23(17)19-10-14(3)13(2)9-16(19)22(27)29-23/h4-11H,1-3H3. The minimum Gasteiger partial charge on any atom is -0.456 e. The van der Waals surface area contributed by atoms with Crippen LogP contribution >= 0.6 is 0 Å². The van der Waals surface area contributed by atoms with Crippen molar-refractivity contribution in [2.45, 2.75) is 26.4 Å². The van der Waals surface area contributed by atoms with Crippen LogP contribution in [0.25, 0.3) is 10.4 Å². The van der Waals surface area contributed by atoms with Gasteiger partial charge in [0.1, 0.15) is 11.5 Å². The number of rotatable bonds is 1. The van der Waals surface area contributed by atoms with Crippen molar-refractivity contribution >= 4 is 11.7 Å². The van der Waals surface area contributed by atoms with Crippen LogP contribution in [0.1, 0.15) is 43.7 Å². The van der Waals surface area contributed by atoms with Crippen LogP contribution in [0.2, 0.25) is 0 Å². The molecule has 3 aromatic rings. The Morgan fingerprint density at radius 3 is 2.34 bits per heavy atom. The maximum atomic E-state index is 12.9. The number of ether oxygens (including phenoxy) is 2. The minimum absolute atomic E-state index is 0.360. The first-order valence-electron chi connectivity index (χ1n) is 9.27. The molecule has 0 N–H and O–H groups in total. The average molecular weight is 383 g/mol. The maximum Gasteiger partial charge on any atom is 0.340 e. The second-order valence-corrected chi connectivity index (χ2v) is 7.52. The van der Waals surface area contributed by atoms with Gasteiger partial charge in [-0.15, -0.1) is 0 Å². The molecule has 0 radical (unpaired) electrons. The highest BCUT2D eigenvalue weighted by molar-refractivity contribution is 5.97. The molecule has 0 saturated carbocycles. The van der Waals surface area contributed by atoms with E-state index in [-0.39, 0.29) is 5.97 Å². The third-order valence-electron chi connectivity index (χ3n) is 5.72. The monoisotopic (exact) mass is 383 g/mol. The van der Waals surface area contributed by atoms with Crippen molar-refractivity contribution in [1.82, 2.24) is 0 Å². The van der Waals surface area contributed by atoms with Gasteiger partial charge < -0.3 is 9.47 Å². The van der Waals surface area contributed by atoms with Crippen molar-refractivity contribution in [3.63, 3.8) is 0 Å². The number of esters is 1. The Bertz CT molecular complexity index is 1270. The summed E-state index contributed by atoms with van der Waals surface area (Å²) >= 11 is 0. The molecular formula is C23H17N3O3. The van der Waals surface area contributed by atoms with E-state index in [0.717, 1.165) is 27.8 Å². The lowest BCUT2D eigenvalue weighted by atomic mass is 9.76. The summed E-state index contributed by atoms with van der Waals surface area (Å²) in [6.07, 6.45) is 0. The molecule has 142 valence electrons. The summed E-state index contributed by atoms with van der Waals surface area (Å²) in [5.74, 6) is 0.767. The Morgan fingerprint density at radius 1 is 0.897 bits per heavy atom. The molecule has 5 rings (SSSR count). The highest BCUT2D eigenvalue weighted by Gasteiger charge is 2.53. The lowest BCUT2D eigenvalue weighted by Crippen LogP contribution is -2.33. The van der Waals surface area contributed by atoms with Gasteiger partial charge >= 0.3 is 5.97 Å². The van der Waals surface area contributed by atoms with Crippen LogP contribution in [0.4, 0.5) is 5.69 Å². The van der Waals surface area contributed by atoms with E-state index in [9.17, 15) is 4.79 Å². The predicted octanol–water partition coefficient (Wildman–Crippen LogP) is 6.12. The molecule has 0 bridgehead atoms. The summed E-state index contributed by atoms with van der Waals surface area (Å²) in [6.45, 7) is 5.98. The lowest BCUT2D eigenvalue weighted by Gasteiger charge is -2.36. The lowest BCUT2D eigenvalue weighted by molar-refractivity contribution is 0.0224. The smallest absolute Gasteiger partial charge is 0.340 e. The molecule has 1 atom stereocenters. The van der Waals surface area contributed by atoms with Crippen molar-refractivity contribution in [1.29, 1.82) is 0 Å². The second kappa shape index (κ2) is 5.87. The van der Waals surface area contributed by atoms with Crippen molar-refractivity contribution in [3.8, 4) is 11.5 Å². The van der Waals surface area contributed by atoms with E-state index < -0.39 is 5.60 Å². The summed E-state index contributed by atoms with van der Waals surface area (Å²) in [5, 5.41) is 3.68. The van der Waals surface area contributed by atoms with Gasteiger partial charge in [0.2, 0.25) is 0 Å². The molecule has 2 aliphatic heterocycles. The van der Waals surface area contributed by atoms with Crippen LogP contribution in [0.5, 0.6) is 11.5 Å². The maximum absolute atomic E-state index is 12.9. The Balaban J connectivity index is 1.89. The SMILES string of the molecule is Cc1ccc2c(c1)Oc1cc(N=[N+]=[N-])ccc1C21OC(=O)c2cc(C)c(C)cc21. The normalized spacial score (nSPS) is 18.2. The number of azide groups is 1. The number of carbonyl (C=O) groups is 1. The molecular weight excluding hydrogens is 366 g/mol. The minimum atomic E-state index is -1.10. The van der Waals surface area contributed by atoms with Crippen molar-refractivity contribution in [3.05, 3.63) is 97.9 Å². The molecule has 1 unspecified atom stereocenters. The van der Waals surface area contributed by atoms with Gasteiger partial charge in [0, 0.05) is 27.3 Å². The zero-order valence-electron chi connectivity index (χ0n) is 16.2. The van der Waals surface area contributed by atoms with Crippen molar-refractivity contribution in [2.24, 2.45) is 5.11 Å². The Kier molecular flexibility index (Phi) is 3.51. The molecule has 0 aromatic heterocycles. The molecule has 2 aliphatic rings. The first-order chi connectivity index (χ1) is 13.9. The Labute approximate surface area is 167 Å². The molecule has 0 saturated heterocycles. The fourth-order valence-corrected chi connectivity index (χ4v) is 4.19. The van der Waals surface area contributed by atoms with E-state index in [0.29, 0.717) is 28.3 Å². The first kappa shape index (κ1) is 17.3. The molecule has 3 aromatic carbocycles. The zero-order valence-corrected chi connectivity index (χ0v) is 16.2. The van der Waals surface area contributed by atoms with Gasteiger partial charge in [0.25, 0.3) is 0 Å². The molecule has 0 amide bonds. The number of hydrogen-bond donors (Lipinski definition) is 0. The van der Waals surface area contributed by atoms with Crippen LogP contribution in [-0.4, -0.2) is 5.97 Å². The number of fused-ring (bicyclic) bond motifs is 6. The van der Waals surface area contributed by atoms with Crippen LogP contribution in [-0.2, 0) is 10.3 Å². The third kappa shape index (κ3) is 2.30. The van der Waals surface area contributed by atoms with E-state index in [1.807, 2.05) is 51.1 Å². The number of nitrogens with zero attached hydrogens (tertiary/aromatic N) is 3. The number of carbonyl (C=O) groups excluding carboxylic acids is 1. The van der Waals surface area contributed by atoms with Crippen molar-refractivity contribution < 1.29 is 14.3 Å². The van der Waals surface area contributed by atoms with E-state index in [1.54, 1.807) is 18.2 Å². The fourth-order valence-electron chi connectivity index (χ4n) is 4.19. The van der Waals surface area contributed by atoms with Gasteiger partial charge in [-0.3, -0.25) is 0 Å². The number of benzene rings is 3. The third-order valence-corrected chi connectivity index (χ3v) is 5.72. The van der Waals surface area contributed by atoms with E-state index in [2.05, 4.69) is 10.0 Å². The predicted molar refractivity (Wildman–Crippen MR) is 108 cm³/mol. The molecule has 0 aliphatic carbocycles. The van der Waals surface area contributed by atoms with E-state index in [1.165, 1.54) is 0 Å². The van der Waals surface area contributed by atoms with Crippen LogP contribution < -0.4 is 4.74 Å². The highest BCUT2D eigenvalue weighted by Crippen LogP contribution is 2.56. The molecule has 6 nitrogen and oxygen atoms in total. The van der Waals surface area contributed by atoms with Crippen LogP contribution in [0.15, 0.2) is 53.6 Å². The van der Waals surface area contributed by atoms with Gasteiger partial charge in [-0.25, -0.2) is 4.79 Å². The number of hydrogen-bond acceptors (Lipinski definition) is 4. The molecule has 29 heavy (non-hydrogen) atoms. The van der Waals surface area contributed by atoms with Gasteiger partial charge in [-0.05, 0) is 61.2 Å². The highest BCUT2D eigenvalue weighted by atomic mass is 16.6. The quantitative estimate of drug-likeness (QED) is 0.219. The molecule has 6 heteroatoms. The Hall–Kier alpha value is -3.76. The summed E-state index contributed by atoms with van der Waals surface area (Å²) in [4.78, 5) is 15.8. The molecule has 2 heterocycles. The summed E-state index contributed by atoms with van der Waals surface area (Å²) in [7, 11) is 0. The van der Waals surface area contributed by atoms with Gasteiger partial charge in [-0.1, -0.05) is 35.4 Å². The summed E-state index contributed by atoms with van der Waals surface area (Å²) in [5.41, 5.74) is 14.1. The van der Waals surface area contributed by atoms with Crippen LogP contribution in [0.3, 0.4) is 0 Å². The number of aryl methyl sites for hydroxylation is 3. The zero-order chi connectivity index (χ0) is 20.3. The first-order valence-corrected chi connectivity index (χ1v) is 9.27. The molecule has 0 fully saturated rings. The Morgan fingerprint density at radius 2 is 1.59 bits per heavy atom.